The van der Waals surface area contributed by atoms with Crippen molar-refractivity contribution >= 4 is 21.6 Å². The van der Waals surface area contributed by atoms with E-state index >= 15 is 0 Å². The minimum atomic E-state index is -3.71. The Morgan fingerprint density at radius 1 is 1.18 bits per heavy atom. The van der Waals surface area contributed by atoms with E-state index in [9.17, 15) is 17.6 Å². The fourth-order valence-corrected chi connectivity index (χ4v) is 3.56. The maximum atomic E-state index is 13.1. The van der Waals surface area contributed by atoms with Crippen LogP contribution in [0.1, 0.15) is 5.56 Å². The standard InChI is InChI=1S/C19H19FN4O3S/c1-28(26,27)24(17-8-6-16(20)7-9-17)13-19(25)22-12-15-4-2-3-5-18(15)23-11-10-21-14-23/h2-11,14H,12-13H2,1H3,(H,22,25). The zero-order chi connectivity index (χ0) is 20.1. The van der Waals surface area contributed by atoms with Crippen molar-refractivity contribution < 1.29 is 17.6 Å². The van der Waals surface area contributed by atoms with Crippen LogP contribution in [0.3, 0.4) is 0 Å². The lowest BCUT2D eigenvalue weighted by molar-refractivity contribution is -0.119. The molecule has 1 aromatic heterocycles. The molecule has 1 N–H and O–H groups in total. The second-order valence-corrected chi connectivity index (χ2v) is 8.03. The molecule has 3 rings (SSSR count). The van der Waals surface area contributed by atoms with E-state index in [4.69, 9.17) is 0 Å². The van der Waals surface area contributed by atoms with Crippen molar-refractivity contribution in [3.63, 3.8) is 0 Å². The van der Waals surface area contributed by atoms with E-state index in [-0.39, 0.29) is 12.2 Å². The predicted octanol–water partition coefficient (Wildman–Crippen LogP) is 2.09. The fourth-order valence-electron chi connectivity index (χ4n) is 2.70. The number of nitrogens with one attached hydrogen (secondary N) is 1. The lowest BCUT2D eigenvalue weighted by Crippen LogP contribution is -2.40. The third-order valence-electron chi connectivity index (χ3n) is 4.05. The number of carbonyl (C=O) groups is 1. The number of sulfonamides is 1. The van der Waals surface area contributed by atoms with E-state index in [0.717, 1.165) is 33.9 Å². The molecule has 1 amide bonds. The van der Waals surface area contributed by atoms with Gasteiger partial charge in [-0.3, -0.25) is 9.10 Å². The van der Waals surface area contributed by atoms with Crippen LogP contribution < -0.4 is 9.62 Å². The molecule has 0 saturated heterocycles. The Labute approximate surface area is 162 Å². The first kappa shape index (κ1) is 19.6. The molecular weight excluding hydrogens is 383 g/mol. The maximum Gasteiger partial charge on any atom is 0.241 e. The van der Waals surface area contributed by atoms with Gasteiger partial charge in [0.2, 0.25) is 15.9 Å². The SMILES string of the molecule is CS(=O)(=O)N(CC(=O)NCc1ccccc1-n1ccnc1)c1ccc(F)cc1. The number of anilines is 1. The van der Waals surface area contributed by atoms with Crippen LogP contribution >= 0.6 is 0 Å². The van der Waals surface area contributed by atoms with E-state index in [2.05, 4.69) is 10.3 Å². The highest BCUT2D eigenvalue weighted by Gasteiger charge is 2.21. The van der Waals surface area contributed by atoms with E-state index in [1.807, 2.05) is 28.8 Å². The lowest BCUT2D eigenvalue weighted by atomic mass is 10.1. The van der Waals surface area contributed by atoms with Crippen molar-refractivity contribution in [1.82, 2.24) is 14.9 Å². The van der Waals surface area contributed by atoms with Crippen molar-refractivity contribution in [2.24, 2.45) is 0 Å². The van der Waals surface area contributed by atoms with Crippen molar-refractivity contribution in [2.75, 3.05) is 17.1 Å². The van der Waals surface area contributed by atoms with Crippen LogP contribution in [0.25, 0.3) is 5.69 Å². The monoisotopic (exact) mass is 402 g/mol. The second-order valence-electron chi connectivity index (χ2n) is 6.12. The van der Waals surface area contributed by atoms with Crippen LogP contribution in [0.5, 0.6) is 0 Å². The number of hydrogen-bond acceptors (Lipinski definition) is 4. The van der Waals surface area contributed by atoms with Crippen molar-refractivity contribution in [1.29, 1.82) is 0 Å². The average molecular weight is 402 g/mol. The molecule has 146 valence electrons. The normalized spacial score (nSPS) is 11.2. The molecule has 0 atom stereocenters. The Balaban J connectivity index is 1.72. The highest BCUT2D eigenvalue weighted by molar-refractivity contribution is 7.92. The molecular formula is C19H19FN4O3S. The first-order valence-electron chi connectivity index (χ1n) is 8.41. The third-order valence-corrected chi connectivity index (χ3v) is 5.19. The fraction of sp³-hybridized carbons (Fsp3) is 0.158. The van der Waals surface area contributed by atoms with Gasteiger partial charge in [-0.05, 0) is 35.9 Å². The molecule has 2 aromatic carbocycles. The molecule has 3 aromatic rings. The number of nitrogens with zero attached hydrogens (tertiary/aromatic N) is 3. The summed E-state index contributed by atoms with van der Waals surface area (Å²) >= 11 is 0. The summed E-state index contributed by atoms with van der Waals surface area (Å²) in [7, 11) is -3.71. The molecule has 0 fully saturated rings. The van der Waals surface area contributed by atoms with Gasteiger partial charge in [0.25, 0.3) is 0 Å². The molecule has 28 heavy (non-hydrogen) atoms. The van der Waals surface area contributed by atoms with E-state index in [1.165, 1.54) is 12.1 Å². The van der Waals surface area contributed by atoms with Crippen molar-refractivity contribution in [3.05, 3.63) is 78.6 Å². The van der Waals surface area contributed by atoms with E-state index in [0.29, 0.717) is 0 Å². The number of rotatable bonds is 7. The highest BCUT2D eigenvalue weighted by Crippen LogP contribution is 2.18. The van der Waals surface area contributed by atoms with Crippen LogP contribution in [0.15, 0.2) is 67.3 Å². The predicted molar refractivity (Wildman–Crippen MR) is 104 cm³/mol. The number of amides is 1. The van der Waals surface area contributed by atoms with Gasteiger partial charge < -0.3 is 9.88 Å². The zero-order valence-corrected chi connectivity index (χ0v) is 15.9. The summed E-state index contributed by atoms with van der Waals surface area (Å²) in [6, 6.07) is 12.4. The van der Waals surface area contributed by atoms with Gasteiger partial charge in [0, 0.05) is 18.9 Å². The van der Waals surface area contributed by atoms with E-state index in [1.54, 1.807) is 18.7 Å². The summed E-state index contributed by atoms with van der Waals surface area (Å²) in [5, 5.41) is 2.73. The topological polar surface area (TPSA) is 84.3 Å². The number of benzene rings is 2. The Morgan fingerprint density at radius 3 is 2.54 bits per heavy atom. The largest absolute Gasteiger partial charge is 0.350 e. The van der Waals surface area contributed by atoms with Gasteiger partial charge in [-0.2, -0.15) is 0 Å². The van der Waals surface area contributed by atoms with Gasteiger partial charge in [0.05, 0.1) is 24.0 Å². The van der Waals surface area contributed by atoms with Crippen molar-refractivity contribution in [2.45, 2.75) is 6.54 Å². The van der Waals surface area contributed by atoms with Crippen LogP contribution in [0.4, 0.5) is 10.1 Å². The molecule has 0 radical (unpaired) electrons. The Kier molecular flexibility index (Phi) is 5.74. The third kappa shape index (κ3) is 4.74. The summed E-state index contributed by atoms with van der Waals surface area (Å²) in [5.74, 6) is -0.965. The number of halogens is 1. The molecule has 0 saturated carbocycles. The molecule has 0 aliphatic rings. The second kappa shape index (κ2) is 8.22. The summed E-state index contributed by atoms with van der Waals surface area (Å²) in [4.78, 5) is 16.4. The summed E-state index contributed by atoms with van der Waals surface area (Å²) in [5.41, 5.74) is 1.93. The highest BCUT2D eigenvalue weighted by atomic mass is 32.2. The summed E-state index contributed by atoms with van der Waals surface area (Å²) in [6.07, 6.45) is 6.10. The number of carbonyl (C=O) groups excluding carboxylic acids is 1. The molecule has 9 heteroatoms. The van der Waals surface area contributed by atoms with E-state index < -0.39 is 28.3 Å². The molecule has 0 unspecified atom stereocenters. The van der Waals surface area contributed by atoms with Gasteiger partial charge in [-0.1, -0.05) is 18.2 Å². The summed E-state index contributed by atoms with van der Waals surface area (Å²) in [6.45, 7) is -0.189. The van der Waals surface area contributed by atoms with Gasteiger partial charge >= 0.3 is 0 Å². The molecule has 0 bridgehead atoms. The van der Waals surface area contributed by atoms with Gasteiger partial charge in [0.1, 0.15) is 12.4 Å². The molecule has 0 aliphatic carbocycles. The number of imidazole rings is 1. The molecule has 7 nitrogen and oxygen atoms in total. The zero-order valence-electron chi connectivity index (χ0n) is 15.1. The Bertz CT molecular complexity index is 1050. The minimum absolute atomic E-state index is 0.216. The minimum Gasteiger partial charge on any atom is -0.350 e. The Hall–Kier alpha value is -3.20. The number of aromatic nitrogens is 2. The smallest absolute Gasteiger partial charge is 0.241 e. The first-order valence-corrected chi connectivity index (χ1v) is 10.3. The average Bonchev–Trinajstić information content (AvgIpc) is 3.19. The number of hydrogen-bond donors (Lipinski definition) is 1. The summed E-state index contributed by atoms with van der Waals surface area (Å²) < 4.78 is 40.0. The van der Waals surface area contributed by atoms with Crippen LogP contribution in [0.2, 0.25) is 0 Å². The maximum absolute atomic E-state index is 13.1. The molecule has 0 spiro atoms. The van der Waals surface area contributed by atoms with Gasteiger partial charge in [0.15, 0.2) is 0 Å². The van der Waals surface area contributed by atoms with Crippen molar-refractivity contribution in [3.8, 4) is 5.69 Å². The first-order chi connectivity index (χ1) is 13.3. The van der Waals surface area contributed by atoms with Crippen LogP contribution in [0, 0.1) is 5.82 Å². The Morgan fingerprint density at radius 2 is 1.89 bits per heavy atom. The lowest BCUT2D eigenvalue weighted by Gasteiger charge is -2.22. The van der Waals surface area contributed by atoms with Crippen LogP contribution in [-0.2, 0) is 21.4 Å². The quantitative estimate of drug-likeness (QED) is 0.656. The molecule has 1 heterocycles. The van der Waals surface area contributed by atoms with Crippen LogP contribution in [-0.4, -0.2) is 36.7 Å². The molecule has 0 aliphatic heterocycles. The number of para-hydroxylation sites is 1. The van der Waals surface area contributed by atoms with Gasteiger partial charge in [-0.25, -0.2) is 17.8 Å². The van der Waals surface area contributed by atoms with Gasteiger partial charge in [-0.15, -0.1) is 0 Å².